The highest BCUT2D eigenvalue weighted by atomic mass is 28.3. The summed E-state index contributed by atoms with van der Waals surface area (Å²) in [6, 6.07) is 16.4. The SMILES string of the molecule is CCOC(=O)/C=C(\c1ccc(F)cc1)[Si](C)(C)c1ccccc1. The van der Waals surface area contributed by atoms with Gasteiger partial charge in [-0.2, -0.15) is 0 Å². The Bertz CT molecular complexity index is 691. The molecule has 2 rings (SSSR count). The Morgan fingerprint density at radius 3 is 2.26 bits per heavy atom. The Morgan fingerprint density at radius 2 is 1.70 bits per heavy atom. The standard InChI is InChI=1S/C19H21FO2Si/c1-4-22-19(21)14-18(15-10-12-16(20)13-11-15)23(2,3)17-8-6-5-7-9-17/h5-14H,4H2,1-3H3/b18-14+. The van der Waals surface area contributed by atoms with Crippen LogP contribution in [0.2, 0.25) is 13.1 Å². The molecule has 0 heterocycles. The number of carbonyl (C=O) groups excluding carboxylic acids is 1. The molecule has 2 aromatic carbocycles. The Balaban J connectivity index is 2.53. The minimum Gasteiger partial charge on any atom is -0.463 e. The molecule has 0 bridgehead atoms. The van der Waals surface area contributed by atoms with E-state index >= 15 is 0 Å². The van der Waals surface area contributed by atoms with Crippen LogP contribution >= 0.6 is 0 Å². The number of hydrogen-bond acceptors (Lipinski definition) is 2. The fourth-order valence-corrected chi connectivity index (χ4v) is 5.27. The van der Waals surface area contributed by atoms with E-state index < -0.39 is 8.07 Å². The first-order valence-electron chi connectivity index (χ1n) is 7.65. The van der Waals surface area contributed by atoms with Gasteiger partial charge in [0.25, 0.3) is 0 Å². The van der Waals surface area contributed by atoms with E-state index in [9.17, 15) is 9.18 Å². The van der Waals surface area contributed by atoms with Crippen molar-refractivity contribution in [2.45, 2.75) is 20.0 Å². The maximum absolute atomic E-state index is 13.3. The Labute approximate surface area is 137 Å². The van der Waals surface area contributed by atoms with E-state index in [1.54, 1.807) is 25.1 Å². The number of hydrogen-bond donors (Lipinski definition) is 0. The molecule has 0 unspecified atom stereocenters. The van der Waals surface area contributed by atoms with E-state index in [1.165, 1.54) is 17.3 Å². The van der Waals surface area contributed by atoms with Crippen molar-refractivity contribution in [3.05, 3.63) is 72.1 Å². The molecule has 0 N–H and O–H groups in total. The minimum atomic E-state index is -2.12. The van der Waals surface area contributed by atoms with Gasteiger partial charge in [0.05, 0.1) is 6.61 Å². The van der Waals surface area contributed by atoms with Crippen LogP contribution < -0.4 is 5.19 Å². The minimum absolute atomic E-state index is 0.289. The van der Waals surface area contributed by atoms with Crippen molar-refractivity contribution in [2.24, 2.45) is 0 Å². The van der Waals surface area contributed by atoms with Crippen LogP contribution in [0.25, 0.3) is 5.20 Å². The molecule has 23 heavy (non-hydrogen) atoms. The highest BCUT2D eigenvalue weighted by Crippen LogP contribution is 2.26. The summed E-state index contributed by atoms with van der Waals surface area (Å²) in [6.45, 7) is 6.47. The molecular weight excluding hydrogens is 307 g/mol. The summed E-state index contributed by atoms with van der Waals surface area (Å²) in [6.07, 6.45) is 1.57. The molecule has 0 spiro atoms. The Kier molecular flexibility index (Phi) is 5.50. The smallest absolute Gasteiger partial charge is 0.330 e. The zero-order chi connectivity index (χ0) is 16.9. The fourth-order valence-electron chi connectivity index (χ4n) is 2.57. The first-order chi connectivity index (χ1) is 10.9. The summed E-state index contributed by atoms with van der Waals surface area (Å²) >= 11 is 0. The van der Waals surface area contributed by atoms with E-state index in [4.69, 9.17) is 4.74 Å². The van der Waals surface area contributed by atoms with Gasteiger partial charge in [0.1, 0.15) is 13.9 Å². The summed E-state index contributed by atoms with van der Waals surface area (Å²) in [5, 5.41) is 2.14. The number of esters is 1. The van der Waals surface area contributed by atoms with Gasteiger partial charge in [-0.15, -0.1) is 0 Å². The van der Waals surface area contributed by atoms with Crippen LogP contribution in [0.1, 0.15) is 12.5 Å². The molecular formula is C19H21FO2Si. The second-order valence-corrected chi connectivity index (χ2v) is 10.2. The number of rotatable bonds is 5. The van der Waals surface area contributed by atoms with Gasteiger partial charge in [0.2, 0.25) is 0 Å². The van der Waals surface area contributed by atoms with Crippen molar-refractivity contribution in [1.82, 2.24) is 0 Å². The monoisotopic (exact) mass is 328 g/mol. The Hall–Kier alpha value is -2.20. The highest BCUT2D eigenvalue weighted by Gasteiger charge is 2.30. The van der Waals surface area contributed by atoms with Crippen molar-refractivity contribution in [3.63, 3.8) is 0 Å². The summed E-state index contributed by atoms with van der Waals surface area (Å²) in [7, 11) is -2.12. The van der Waals surface area contributed by atoms with Crippen molar-refractivity contribution in [2.75, 3.05) is 6.61 Å². The van der Waals surface area contributed by atoms with Crippen molar-refractivity contribution < 1.29 is 13.9 Å². The van der Waals surface area contributed by atoms with Gasteiger partial charge in [0.15, 0.2) is 0 Å². The maximum Gasteiger partial charge on any atom is 0.330 e. The van der Waals surface area contributed by atoms with Crippen LogP contribution in [-0.2, 0) is 9.53 Å². The van der Waals surface area contributed by atoms with Crippen LogP contribution in [0.4, 0.5) is 4.39 Å². The van der Waals surface area contributed by atoms with Crippen LogP contribution in [0.15, 0.2) is 60.7 Å². The van der Waals surface area contributed by atoms with E-state index in [0.29, 0.717) is 6.61 Å². The molecule has 0 fully saturated rings. The molecule has 0 aliphatic heterocycles. The molecule has 0 aliphatic rings. The number of benzene rings is 2. The molecule has 0 saturated carbocycles. The van der Waals surface area contributed by atoms with Gasteiger partial charge in [-0.1, -0.05) is 60.7 Å². The lowest BCUT2D eigenvalue weighted by Gasteiger charge is -2.27. The highest BCUT2D eigenvalue weighted by molar-refractivity contribution is 7.04. The van der Waals surface area contributed by atoms with E-state index in [-0.39, 0.29) is 11.8 Å². The fraction of sp³-hybridized carbons (Fsp3) is 0.211. The van der Waals surface area contributed by atoms with Gasteiger partial charge in [-0.3, -0.25) is 0 Å². The third-order valence-electron chi connectivity index (χ3n) is 3.87. The quantitative estimate of drug-likeness (QED) is 0.472. The Morgan fingerprint density at radius 1 is 1.09 bits per heavy atom. The molecule has 0 aromatic heterocycles. The average molecular weight is 328 g/mol. The summed E-state index contributed by atoms with van der Waals surface area (Å²) < 4.78 is 18.3. The number of carbonyl (C=O) groups is 1. The summed E-state index contributed by atoms with van der Waals surface area (Å²) in [5.74, 6) is -0.647. The number of halogens is 1. The molecule has 0 aliphatic carbocycles. The van der Waals surface area contributed by atoms with Gasteiger partial charge >= 0.3 is 5.97 Å². The molecule has 0 radical (unpaired) electrons. The van der Waals surface area contributed by atoms with Gasteiger partial charge < -0.3 is 4.74 Å². The second-order valence-electron chi connectivity index (χ2n) is 5.81. The lowest BCUT2D eigenvalue weighted by Crippen LogP contribution is -2.43. The molecule has 2 aromatic rings. The number of ether oxygens (including phenoxy) is 1. The third kappa shape index (κ3) is 4.17. The third-order valence-corrected chi connectivity index (χ3v) is 7.43. The van der Waals surface area contributed by atoms with E-state index in [1.807, 2.05) is 18.2 Å². The van der Waals surface area contributed by atoms with Gasteiger partial charge in [-0.25, -0.2) is 9.18 Å². The molecule has 0 atom stereocenters. The lowest BCUT2D eigenvalue weighted by atomic mass is 10.2. The maximum atomic E-state index is 13.3. The average Bonchev–Trinajstić information content (AvgIpc) is 2.55. The topological polar surface area (TPSA) is 26.3 Å². The summed E-state index contributed by atoms with van der Waals surface area (Å²) in [5.41, 5.74) is 0.861. The van der Waals surface area contributed by atoms with Crippen LogP contribution in [0.3, 0.4) is 0 Å². The first-order valence-corrected chi connectivity index (χ1v) is 10.7. The predicted molar refractivity (Wildman–Crippen MR) is 94.6 cm³/mol. The van der Waals surface area contributed by atoms with Crippen LogP contribution in [0, 0.1) is 5.82 Å². The summed E-state index contributed by atoms with van der Waals surface area (Å²) in [4.78, 5) is 12.0. The van der Waals surface area contributed by atoms with Crippen molar-refractivity contribution >= 4 is 24.4 Å². The normalized spacial score (nSPS) is 12.1. The van der Waals surface area contributed by atoms with Crippen molar-refractivity contribution in [1.29, 1.82) is 0 Å². The lowest BCUT2D eigenvalue weighted by molar-refractivity contribution is -0.137. The second kappa shape index (κ2) is 7.37. The van der Waals surface area contributed by atoms with Crippen LogP contribution in [0.5, 0.6) is 0 Å². The predicted octanol–water partition coefficient (Wildman–Crippen LogP) is 3.93. The largest absolute Gasteiger partial charge is 0.463 e. The molecule has 4 heteroatoms. The first kappa shape index (κ1) is 17.2. The zero-order valence-corrected chi connectivity index (χ0v) is 14.7. The molecule has 0 amide bonds. The van der Waals surface area contributed by atoms with Crippen LogP contribution in [-0.4, -0.2) is 20.7 Å². The molecule has 120 valence electrons. The van der Waals surface area contributed by atoms with Crippen molar-refractivity contribution in [3.8, 4) is 0 Å². The molecule has 0 saturated heterocycles. The van der Waals surface area contributed by atoms with E-state index in [2.05, 4.69) is 25.2 Å². The zero-order valence-electron chi connectivity index (χ0n) is 13.7. The van der Waals surface area contributed by atoms with Gasteiger partial charge in [-0.05, 0) is 29.8 Å². The van der Waals surface area contributed by atoms with E-state index in [0.717, 1.165) is 10.8 Å². The molecule has 2 nitrogen and oxygen atoms in total. The van der Waals surface area contributed by atoms with Gasteiger partial charge in [0, 0.05) is 6.08 Å².